The van der Waals surface area contributed by atoms with Gasteiger partial charge >= 0.3 is 0 Å². The van der Waals surface area contributed by atoms with Crippen LogP contribution in [0.3, 0.4) is 0 Å². The lowest BCUT2D eigenvalue weighted by Gasteiger charge is -2.29. The Balaban J connectivity index is 1.52. The number of halogens is 2. The van der Waals surface area contributed by atoms with E-state index in [9.17, 15) is 4.79 Å². The van der Waals surface area contributed by atoms with E-state index in [1.165, 1.54) is 0 Å². The molecule has 162 valence electrons. The van der Waals surface area contributed by atoms with E-state index in [0.29, 0.717) is 38.8 Å². The Hall–Kier alpha value is -2.68. The van der Waals surface area contributed by atoms with Crippen LogP contribution in [0.25, 0.3) is 11.4 Å². The first-order chi connectivity index (χ1) is 14.9. The standard InChI is InChI=1S/C21H23Cl2N7O/c1-30-19(20(31)27-16-5-3-2-4-15(16)24)11-18(29-30)17-6-7-25-21(28-17)26-14-9-12(22)8-13(23)10-14/h6-11,15-16H,2-5,24H2,1H3,(H,27,31)(H,25,26,28)/t15-,16+/m1/s1. The number of carbonyl (C=O) groups excluding carboxylic acids is 1. The molecule has 0 aliphatic heterocycles. The van der Waals surface area contributed by atoms with Crippen molar-refractivity contribution in [2.75, 3.05) is 5.32 Å². The Morgan fingerprint density at radius 1 is 1.13 bits per heavy atom. The highest BCUT2D eigenvalue weighted by Crippen LogP contribution is 2.25. The Labute approximate surface area is 190 Å². The monoisotopic (exact) mass is 459 g/mol. The van der Waals surface area contributed by atoms with Gasteiger partial charge in [-0.3, -0.25) is 9.48 Å². The molecule has 2 heterocycles. The summed E-state index contributed by atoms with van der Waals surface area (Å²) in [6.07, 6.45) is 5.62. The maximum absolute atomic E-state index is 12.8. The van der Waals surface area contributed by atoms with Gasteiger partial charge in [-0.15, -0.1) is 0 Å². The smallest absolute Gasteiger partial charge is 0.269 e. The van der Waals surface area contributed by atoms with Crippen molar-refractivity contribution in [2.24, 2.45) is 12.8 Å². The number of amides is 1. The van der Waals surface area contributed by atoms with Crippen LogP contribution in [0, 0.1) is 0 Å². The Morgan fingerprint density at radius 3 is 2.61 bits per heavy atom. The van der Waals surface area contributed by atoms with Gasteiger partial charge in [-0.25, -0.2) is 9.97 Å². The van der Waals surface area contributed by atoms with Crippen LogP contribution in [0.5, 0.6) is 0 Å². The molecule has 8 nitrogen and oxygen atoms in total. The number of benzene rings is 1. The molecule has 1 aliphatic carbocycles. The van der Waals surface area contributed by atoms with Crippen LogP contribution >= 0.6 is 23.2 Å². The molecule has 1 aromatic carbocycles. The molecule has 1 aliphatic rings. The molecule has 0 unspecified atom stereocenters. The molecule has 2 aromatic heterocycles. The van der Waals surface area contributed by atoms with Gasteiger partial charge in [-0.05, 0) is 43.2 Å². The largest absolute Gasteiger partial charge is 0.346 e. The van der Waals surface area contributed by atoms with E-state index in [0.717, 1.165) is 25.7 Å². The number of aromatic nitrogens is 4. The van der Waals surface area contributed by atoms with Gasteiger partial charge in [-0.2, -0.15) is 5.10 Å². The zero-order chi connectivity index (χ0) is 22.0. The molecular formula is C21H23Cl2N7O. The molecule has 0 spiro atoms. The van der Waals surface area contributed by atoms with Gasteiger partial charge in [0.25, 0.3) is 5.91 Å². The molecule has 1 saturated carbocycles. The third-order valence-electron chi connectivity index (χ3n) is 5.29. The molecule has 1 fully saturated rings. The number of nitrogens with two attached hydrogens (primary N) is 1. The van der Waals surface area contributed by atoms with Crippen molar-refractivity contribution >= 4 is 40.7 Å². The van der Waals surface area contributed by atoms with Crippen molar-refractivity contribution in [2.45, 2.75) is 37.8 Å². The second kappa shape index (κ2) is 9.21. The maximum Gasteiger partial charge on any atom is 0.269 e. The highest BCUT2D eigenvalue weighted by molar-refractivity contribution is 6.35. The molecule has 2 atom stereocenters. The van der Waals surface area contributed by atoms with E-state index in [1.807, 2.05) is 0 Å². The zero-order valence-corrected chi connectivity index (χ0v) is 18.5. The van der Waals surface area contributed by atoms with Gasteiger partial charge in [0.2, 0.25) is 5.95 Å². The number of aryl methyl sites for hydroxylation is 1. The van der Waals surface area contributed by atoms with Crippen LogP contribution in [-0.4, -0.2) is 37.7 Å². The number of carbonyl (C=O) groups is 1. The van der Waals surface area contributed by atoms with Gasteiger partial charge in [0.1, 0.15) is 11.4 Å². The maximum atomic E-state index is 12.8. The summed E-state index contributed by atoms with van der Waals surface area (Å²) in [6.45, 7) is 0. The lowest BCUT2D eigenvalue weighted by atomic mass is 9.91. The van der Waals surface area contributed by atoms with Gasteiger partial charge in [0.15, 0.2) is 0 Å². The lowest BCUT2D eigenvalue weighted by molar-refractivity contribution is 0.0911. The molecule has 31 heavy (non-hydrogen) atoms. The Morgan fingerprint density at radius 2 is 1.87 bits per heavy atom. The van der Waals surface area contributed by atoms with E-state index in [-0.39, 0.29) is 18.0 Å². The van der Waals surface area contributed by atoms with Crippen molar-refractivity contribution in [3.05, 3.63) is 52.3 Å². The molecule has 10 heteroatoms. The number of nitrogens with one attached hydrogen (secondary N) is 2. The van der Waals surface area contributed by atoms with Crippen LogP contribution < -0.4 is 16.4 Å². The minimum atomic E-state index is -0.190. The summed E-state index contributed by atoms with van der Waals surface area (Å²) >= 11 is 12.1. The third-order valence-corrected chi connectivity index (χ3v) is 5.72. The number of hydrogen-bond acceptors (Lipinski definition) is 6. The normalized spacial score (nSPS) is 18.6. The van der Waals surface area contributed by atoms with Crippen molar-refractivity contribution in [1.29, 1.82) is 0 Å². The minimum absolute atomic E-state index is 0.0131. The molecule has 0 bridgehead atoms. The average molecular weight is 460 g/mol. The van der Waals surface area contributed by atoms with E-state index >= 15 is 0 Å². The van der Waals surface area contributed by atoms with Gasteiger partial charge in [0, 0.05) is 41.1 Å². The summed E-state index contributed by atoms with van der Waals surface area (Å²) in [4.78, 5) is 21.5. The summed E-state index contributed by atoms with van der Waals surface area (Å²) in [5.41, 5.74) is 8.42. The topological polar surface area (TPSA) is 111 Å². The van der Waals surface area contributed by atoms with Crippen molar-refractivity contribution in [1.82, 2.24) is 25.1 Å². The first-order valence-electron chi connectivity index (χ1n) is 10.1. The Kier molecular flexibility index (Phi) is 6.41. The lowest BCUT2D eigenvalue weighted by Crippen LogP contribution is -2.49. The van der Waals surface area contributed by atoms with Crippen LogP contribution in [0.4, 0.5) is 11.6 Å². The van der Waals surface area contributed by atoms with Gasteiger partial charge in [0.05, 0.1) is 5.69 Å². The van der Waals surface area contributed by atoms with Gasteiger partial charge < -0.3 is 16.4 Å². The van der Waals surface area contributed by atoms with E-state index in [2.05, 4.69) is 25.7 Å². The SMILES string of the molecule is Cn1nc(-c2ccnc(Nc3cc(Cl)cc(Cl)c3)n2)cc1C(=O)N[C@H]1CCCC[C@H]1N. The molecule has 4 rings (SSSR count). The van der Waals surface area contributed by atoms with Crippen molar-refractivity contribution in [3.8, 4) is 11.4 Å². The molecule has 1 amide bonds. The first kappa shape index (κ1) is 21.5. The second-order valence-corrected chi connectivity index (χ2v) is 8.49. The first-order valence-corrected chi connectivity index (χ1v) is 10.8. The summed E-state index contributed by atoms with van der Waals surface area (Å²) in [5, 5.41) is 11.6. The third kappa shape index (κ3) is 5.15. The second-order valence-electron chi connectivity index (χ2n) is 7.62. The quantitative estimate of drug-likeness (QED) is 0.532. The number of hydrogen-bond donors (Lipinski definition) is 3. The average Bonchev–Trinajstić information content (AvgIpc) is 3.11. The highest BCUT2D eigenvalue weighted by atomic mass is 35.5. The summed E-state index contributed by atoms with van der Waals surface area (Å²) in [6, 6.07) is 8.51. The van der Waals surface area contributed by atoms with E-state index in [1.54, 1.807) is 48.3 Å². The fourth-order valence-electron chi connectivity index (χ4n) is 3.70. The zero-order valence-electron chi connectivity index (χ0n) is 17.0. The van der Waals surface area contributed by atoms with Crippen LogP contribution in [0.15, 0.2) is 36.5 Å². The van der Waals surface area contributed by atoms with Crippen LogP contribution in [0.2, 0.25) is 10.0 Å². The molecule has 0 saturated heterocycles. The molecule has 0 radical (unpaired) electrons. The van der Waals surface area contributed by atoms with E-state index in [4.69, 9.17) is 28.9 Å². The minimum Gasteiger partial charge on any atom is -0.346 e. The predicted octanol–water partition coefficient (Wildman–Crippen LogP) is 3.93. The number of anilines is 2. The number of rotatable bonds is 5. The molecule has 4 N–H and O–H groups in total. The van der Waals surface area contributed by atoms with E-state index < -0.39 is 0 Å². The highest BCUT2D eigenvalue weighted by Gasteiger charge is 2.25. The summed E-state index contributed by atoms with van der Waals surface area (Å²) in [5.74, 6) is 0.172. The Bertz CT molecular complexity index is 1080. The molecular weight excluding hydrogens is 437 g/mol. The summed E-state index contributed by atoms with van der Waals surface area (Å²) in [7, 11) is 1.73. The fraction of sp³-hybridized carbons (Fsp3) is 0.333. The fourth-order valence-corrected chi connectivity index (χ4v) is 4.23. The molecule has 3 aromatic rings. The van der Waals surface area contributed by atoms with Crippen LogP contribution in [0.1, 0.15) is 36.2 Å². The predicted molar refractivity (Wildman–Crippen MR) is 122 cm³/mol. The van der Waals surface area contributed by atoms with Crippen LogP contribution in [-0.2, 0) is 7.05 Å². The summed E-state index contributed by atoms with van der Waals surface area (Å²) < 4.78 is 1.55. The van der Waals surface area contributed by atoms with Crippen molar-refractivity contribution < 1.29 is 4.79 Å². The van der Waals surface area contributed by atoms with Crippen molar-refractivity contribution in [3.63, 3.8) is 0 Å². The van der Waals surface area contributed by atoms with Gasteiger partial charge in [-0.1, -0.05) is 36.0 Å². The number of nitrogens with zero attached hydrogens (tertiary/aromatic N) is 4.